The van der Waals surface area contributed by atoms with Crippen LogP contribution in [-0.4, -0.2) is 46.4 Å². The van der Waals surface area contributed by atoms with Crippen LogP contribution in [0.3, 0.4) is 0 Å². The fourth-order valence-electron chi connectivity index (χ4n) is 2.02. The van der Waals surface area contributed by atoms with Crippen LogP contribution in [0.2, 0.25) is 5.02 Å². The molecule has 0 fully saturated rings. The maximum absolute atomic E-state index is 12.2. The maximum Gasteiger partial charge on any atom is 0.262 e. The fraction of sp³-hybridized carbons (Fsp3) is 0.235. The fourth-order valence-corrected chi connectivity index (χ4v) is 3.08. The molecular formula is C17H19ClN2O5S. The number of nitrogens with zero attached hydrogens (tertiary/aromatic N) is 1. The lowest BCUT2D eigenvalue weighted by Gasteiger charge is -2.15. The first-order valence-electron chi connectivity index (χ1n) is 7.53. The van der Waals surface area contributed by atoms with Crippen LogP contribution >= 0.6 is 11.6 Å². The van der Waals surface area contributed by atoms with Crippen LogP contribution in [0.25, 0.3) is 0 Å². The lowest BCUT2D eigenvalue weighted by atomic mass is 10.3. The van der Waals surface area contributed by atoms with E-state index in [9.17, 15) is 13.2 Å². The smallest absolute Gasteiger partial charge is 0.262 e. The number of carbonyl (C=O) groups is 1. The van der Waals surface area contributed by atoms with Crippen molar-refractivity contribution in [2.24, 2.45) is 0 Å². The quantitative estimate of drug-likeness (QED) is 0.774. The number of rotatable bonds is 7. The molecule has 1 N–H and O–H groups in total. The Hall–Kier alpha value is -2.29. The van der Waals surface area contributed by atoms with Gasteiger partial charge in [-0.1, -0.05) is 11.6 Å². The van der Waals surface area contributed by atoms with E-state index in [1.165, 1.54) is 39.4 Å². The Labute approximate surface area is 157 Å². The highest BCUT2D eigenvalue weighted by Crippen LogP contribution is 2.28. The van der Waals surface area contributed by atoms with Crippen molar-refractivity contribution < 1.29 is 22.7 Å². The molecule has 0 aromatic heterocycles. The lowest BCUT2D eigenvalue weighted by molar-refractivity contribution is -0.118. The first kappa shape index (κ1) is 20.0. The van der Waals surface area contributed by atoms with Gasteiger partial charge in [-0.25, -0.2) is 12.7 Å². The minimum Gasteiger partial charge on any atom is -0.495 e. The van der Waals surface area contributed by atoms with E-state index in [-0.39, 0.29) is 17.2 Å². The average Bonchev–Trinajstić information content (AvgIpc) is 2.61. The first-order chi connectivity index (χ1) is 12.2. The normalized spacial score (nSPS) is 11.3. The Morgan fingerprint density at radius 3 is 2.38 bits per heavy atom. The van der Waals surface area contributed by atoms with E-state index < -0.39 is 15.9 Å². The summed E-state index contributed by atoms with van der Waals surface area (Å²) in [4.78, 5) is 12.2. The molecule has 1 amide bonds. The van der Waals surface area contributed by atoms with Crippen molar-refractivity contribution >= 4 is 33.2 Å². The predicted octanol–water partition coefficient (Wildman–Crippen LogP) is 2.62. The third-order valence-electron chi connectivity index (χ3n) is 3.41. The van der Waals surface area contributed by atoms with Crippen LogP contribution in [0, 0.1) is 0 Å². The molecular weight excluding hydrogens is 380 g/mol. The summed E-state index contributed by atoms with van der Waals surface area (Å²) in [5.74, 6) is 0.362. The molecule has 7 nitrogen and oxygen atoms in total. The zero-order valence-corrected chi connectivity index (χ0v) is 16.1. The molecule has 0 heterocycles. The van der Waals surface area contributed by atoms with Gasteiger partial charge < -0.3 is 14.8 Å². The number of amides is 1. The van der Waals surface area contributed by atoms with Crippen LogP contribution in [0.4, 0.5) is 5.69 Å². The van der Waals surface area contributed by atoms with Crippen LogP contribution in [0.1, 0.15) is 0 Å². The van der Waals surface area contributed by atoms with E-state index in [2.05, 4.69) is 5.32 Å². The molecule has 0 saturated carbocycles. The zero-order chi connectivity index (χ0) is 19.3. The predicted molar refractivity (Wildman–Crippen MR) is 99.4 cm³/mol. The molecule has 0 saturated heterocycles. The molecule has 0 spiro atoms. The Morgan fingerprint density at radius 2 is 1.81 bits per heavy atom. The average molecular weight is 399 g/mol. The van der Waals surface area contributed by atoms with Crippen LogP contribution in [-0.2, 0) is 14.8 Å². The van der Waals surface area contributed by atoms with E-state index in [0.717, 1.165) is 4.31 Å². The minimum absolute atomic E-state index is 0.0391. The summed E-state index contributed by atoms with van der Waals surface area (Å²) in [7, 11) is 0.646. The Bertz CT molecular complexity index is 883. The summed E-state index contributed by atoms with van der Waals surface area (Å²) in [6.07, 6.45) is 0. The van der Waals surface area contributed by atoms with Gasteiger partial charge in [0.2, 0.25) is 10.0 Å². The molecule has 2 rings (SSSR count). The van der Waals surface area contributed by atoms with Gasteiger partial charge in [-0.3, -0.25) is 4.79 Å². The van der Waals surface area contributed by atoms with E-state index >= 15 is 0 Å². The number of hydrogen-bond acceptors (Lipinski definition) is 5. The van der Waals surface area contributed by atoms with E-state index in [0.29, 0.717) is 16.5 Å². The summed E-state index contributed by atoms with van der Waals surface area (Å²) >= 11 is 5.79. The number of nitrogens with one attached hydrogen (secondary N) is 1. The number of ether oxygens (including phenoxy) is 2. The second kappa shape index (κ2) is 8.39. The highest BCUT2D eigenvalue weighted by Gasteiger charge is 2.20. The first-order valence-corrected chi connectivity index (χ1v) is 9.34. The van der Waals surface area contributed by atoms with Gasteiger partial charge in [-0.15, -0.1) is 0 Å². The van der Waals surface area contributed by atoms with Crippen LogP contribution in [0.5, 0.6) is 11.5 Å². The highest BCUT2D eigenvalue weighted by molar-refractivity contribution is 7.89. The molecule has 0 atom stereocenters. The summed E-state index contributed by atoms with van der Waals surface area (Å²) in [5, 5.41) is 3.16. The van der Waals surface area contributed by atoms with Crippen molar-refractivity contribution in [3.63, 3.8) is 0 Å². The minimum atomic E-state index is -3.64. The molecule has 9 heteroatoms. The third-order valence-corrected chi connectivity index (χ3v) is 5.47. The topological polar surface area (TPSA) is 84.9 Å². The Balaban J connectivity index is 2.13. The van der Waals surface area contributed by atoms with Crippen molar-refractivity contribution in [3.8, 4) is 11.5 Å². The summed E-state index contributed by atoms with van der Waals surface area (Å²) in [6.45, 7) is -0.255. The van der Waals surface area contributed by atoms with Gasteiger partial charge in [0, 0.05) is 19.1 Å². The molecule has 26 heavy (non-hydrogen) atoms. The van der Waals surface area contributed by atoms with Gasteiger partial charge in [-0.2, -0.15) is 0 Å². The zero-order valence-electron chi connectivity index (χ0n) is 14.5. The van der Waals surface area contributed by atoms with Gasteiger partial charge in [-0.05, 0) is 42.5 Å². The van der Waals surface area contributed by atoms with Gasteiger partial charge in [0.25, 0.3) is 5.91 Å². The number of methoxy groups -OCH3 is 1. The van der Waals surface area contributed by atoms with Crippen LogP contribution < -0.4 is 14.8 Å². The number of anilines is 1. The summed E-state index contributed by atoms with van der Waals surface area (Å²) in [5.41, 5.74) is 0.236. The summed E-state index contributed by atoms with van der Waals surface area (Å²) < 4.78 is 36.1. The number of halogens is 1. The van der Waals surface area contributed by atoms with Gasteiger partial charge in [0.15, 0.2) is 6.61 Å². The van der Waals surface area contributed by atoms with Crippen molar-refractivity contribution in [2.75, 3.05) is 33.1 Å². The number of benzene rings is 2. The Morgan fingerprint density at radius 1 is 1.15 bits per heavy atom. The van der Waals surface area contributed by atoms with E-state index in [4.69, 9.17) is 21.1 Å². The lowest BCUT2D eigenvalue weighted by Crippen LogP contribution is -2.23. The molecule has 0 unspecified atom stereocenters. The molecule has 2 aromatic carbocycles. The molecule has 0 bridgehead atoms. The number of hydrogen-bond donors (Lipinski definition) is 1. The van der Waals surface area contributed by atoms with Crippen molar-refractivity contribution in [1.29, 1.82) is 0 Å². The van der Waals surface area contributed by atoms with Gasteiger partial charge in [0.1, 0.15) is 11.5 Å². The van der Waals surface area contributed by atoms with Crippen molar-refractivity contribution in [3.05, 3.63) is 47.5 Å². The van der Waals surface area contributed by atoms with Crippen LogP contribution in [0.15, 0.2) is 47.4 Å². The second-order valence-electron chi connectivity index (χ2n) is 5.44. The third kappa shape index (κ3) is 4.87. The number of sulfonamides is 1. The molecule has 0 aliphatic carbocycles. The van der Waals surface area contributed by atoms with Crippen molar-refractivity contribution in [2.45, 2.75) is 4.90 Å². The highest BCUT2D eigenvalue weighted by atomic mass is 35.5. The standard InChI is InChI=1S/C17H19ClN2O5S/c1-20(2)26(22,23)14-8-9-16(24-3)15(10-14)19-17(21)11-25-13-6-4-12(18)5-7-13/h4-10H,11H2,1-3H3,(H,19,21). The summed E-state index contributed by atoms with van der Waals surface area (Å²) in [6, 6.07) is 10.8. The number of carbonyl (C=O) groups excluding carboxylic acids is 1. The Kier molecular flexibility index (Phi) is 6.47. The molecule has 2 aromatic rings. The SMILES string of the molecule is COc1ccc(S(=O)(=O)N(C)C)cc1NC(=O)COc1ccc(Cl)cc1. The van der Waals surface area contributed by atoms with Gasteiger partial charge >= 0.3 is 0 Å². The molecule has 0 radical (unpaired) electrons. The molecule has 140 valence electrons. The molecule has 0 aliphatic rings. The monoisotopic (exact) mass is 398 g/mol. The van der Waals surface area contributed by atoms with Crippen molar-refractivity contribution in [1.82, 2.24) is 4.31 Å². The maximum atomic E-state index is 12.2. The van der Waals surface area contributed by atoms with E-state index in [1.807, 2.05) is 0 Å². The largest absolute Gasteiger partial charge is 0.495 e. The van der Waals surface area contributed by atoms with E-state index in [1.54, 1.807) is 24.3 Å². The van der Waals surface area contributed by atoms with Gasteiger partial charge in [0.05, 0.1) is 17.7 Å². The molecule has 0 aliphatic heterocycles. The second-order valence-corrected chi connectivity index (χ2v) is 8.03.